The summed E-state index contributed by atoms with van der Waals surface area (Å²) >= 11 is 0. The quantitative estimate of drug-likeness (QED) is 0.263. The Balaban J connectivity index is 1.31. The van der Waals surface area contributed by atoms with Gasteiger partial charge in [0.05, 0.1) is 11.0 Å². The van der Waals surface area contributed by atoms with Crippen LogP contribution in [0.5, 0.6) is 5.75 Å². The monoisotopic (exact) mass is 537 g/mol. The van der Waals surface area contributed by atoms with Crippen molar-refractivity contribution in [1.29, 1.82) is 0 Å². The van der Waals surface area contributed by atoms with Crippen molar-refractivity contribution in [2.45, 2.75) is 63.5 Å². The van der Waals surface area contributed by atoms with Crippen LogP contribution in [0.1, 0.15) is 44.1 Å². The van der Waals surface area contributed by atoms with E-state index in [0.717, 1.165) is 51.3 Å². The Morgan fingerprint density at radius 1 is 1.16 bits per heavy atom. The van der Waals surface area contributed by atoms with Crippen LogP contribution in [0.3, 0.4) is 0 Å². The first-order chi connectivity index (χ1) is 18.2. The zero-order valence-electron chi connectivity index (χ0n) is 20.6. The van der Waals surface area contributed by atoms with Crippen LogP contribution >= 0.6 is 0 Å². The van der Waals surface area contributed by atoms with Gasteiger partial charge in [0.2, 0.25) is 17.7 Å². The van der Waals surface area contributed by atoms with Gasteiger partial charge in [-0.15, -0.1) is 13.2 Å². The van der Waals surface area contributed by atoms with E-state index in [9.17, 15) is 28.1 Å². The number of carbonyl (C=O) groups excluding carboxylic acids is 1. The summed E-state index contributed by atoms with van der Waals surface area (Å²) < 4.78 is 42.1. The number of nitrogens with zero attached hydrogens (tertiary/aromatic N) is 3. The average molecular weight is 538 g/mol. The van der Waals surface area contributed by atoms with E-state index in [4.69, 9.17) is 0 Å². The third-order valence-electron chi connectivity index (χ3n) is 6.73. The molecule has 1 aliphatic carbocycles. The molecule has 0 bridgehead atoms. The second kappa shape index (κ2) is 12.2. The zero-order chi connectivity index (χ0) is 27.1. The Hall–Kier alpha value is -3.68. The Morgan fingerprint density at radius 3 is 2.61 bits per heavy atom. The van der Waals surface area contributed by atoms with Crippen molar-refractivity contribution in [2.24, 2.45) is 5.92 Å². The average Bonchev–Trinajstić information content (AvgIpc) is 3.42. The Morgan fingerprint density at radius 2 is 1.92 bits per heavy atom. The summed E-state index contributed by atoms with van der Waals surface area (Å²) in [5.74, 6) is -0.0283. The van der Waals surface area contributed by atoms with Gasteiger partial charge in [0.25, 0.3) is 0 Å². The maximum atomic E-state index is 12.7. The molecule has 2 aliphatic rings. The number of nitro groups is 1. The van der Waals surface area contributed by atoms with Crippen LogP contribution in [0, 0.1) is 16.0 Å². The Labute approximate surface area is 217 Å². The molecule has 0 radical (unpaired) electrons. The molecular formula is C24H30F3N7O4. The van der Waals surface area contributed by atoms with Gasteiger partial charge in [-0.2, -0.15) is 4.98 Å². The fraction of sp³-hybridized carbons (Fsp3) is 0.542. The number of ether oxygens (including phenoxy) is 1. The lowest BCUT2D eigenvalue weighted by atomic mass is 9.86. The van der Waals surface area contributed by atoms with Crippen LogP contribution in [0.25, 0.3) is 0 Å². The zero-order valence-corrected chi connectivity index (χ0v) is 20.6. The highest BCUT2D eigenvalue weighted by atomic mass is 19.4. The van der Waals surface area contributed by atoms with Gasteiger partial charge in [-0.1, -0.05) is 18.2 Å². The first-order valence-electron chi connectivity index (χ1n) is 12.5. The molecule has 0 spiro atoms. The van der Waals surface area contributed by atoms with E-state index < -0.39 is 11.3 Å². The largest absolute Gasteiger partial charge is 0.573 e. The number of hydrogen-bond acceptors (Lipinski definition) is 9. The summed E-state index contributed by atoms with van der Waals surface area (Å²) in [6.45, 7) is 1.22. The summed E-state index contributed by atoms with van der Waals surface area (Å²) in [5.41, 5.74) is -0.0878. The number of benzene rings is 1. The molecule has 14 heteroatoms. The van der Waals surface area contributed by atoms with Crippen LogP contribution in [0.4, 0.5) is 30.6 Å². The fourth-order valence-corrected chi connectivity index (χ4v) is 4.73. The topological polar surface area (TPSA) is 143 Å². The third-order valence-corrected chi connectivity index (χ3v) is 6.73. The molecule has 0 unspecified atom stereocenters. The van der Waals surface area contributed by atoms with E-state index in [1.807, 2.05) is 0 Å². The highest BCUT2D eigenvalue weighted by Crippen LogP contribution is 2.29. The van der Waals surface area contributed by atoms with Gasteiger partial charge in [0.1, 0.15) is 11.9 Å². The number of hydrogen-bond donors (Lipinski definition) is 4. The first-order valence-corrected chi connectivity index (χ1v) is 12.5. The van der Waals surface area contributed by atoms with Crippen molar-refractivity contribution in [3.05, 3.63) is 46.1 Å². The molecule has 4 rings (SSSR count). The Kier molecular flexibility index (Phi) is 8.81. The summed E-state index contributed by atoms with van der Waals surface area (Å²) in [5, 5.41) is 23.7. The van der Waals surface area contributed by atoms with E-state index >= 15 is 0 Å². The lowest BCUT2D eigenvalue weighted by Crippen LogP contribution is -2.46. The summed E-state index contributed by atoms with van der Waals surface area (Å²) in [6, 6.07) is 5.65. The van der Waals surface area contributed by atoms with Crippen molar-refractivity contribution in [1.82, 2.24) is 20.6 Å². The van der Waals surface area contributed by atoms with Crippen molar-refractivity contribution in [3.63, 3.8) is 0 Å². The normalized spacial score (nSPS) is 21.5. The van der Waals surface area contributed by atoms with Gasteiger partial charge in [0.15, 0.2) is 0 Å². The molecule has 2 fully saturated rings. The van der Waals surface area contributed by atoms with E-state index in [1.54, 1.807) is 6.07 Å². The van der Waals surface area contributed by atoms with Crippen molar-refractivity contribution in [3.8, 4) is 5.75 Å². The van der Waals surface area contributed by atoms with Crippen LogP contribution < -0.4 is 26.0 Å². The molecule has 206 valence electrons. The molecule has 1 amide bonds. The van der Waals surface area contributed by atoms with Crippen LogP contribution in [0.15, 0.2) is 30.5 Å². The number of halogens is 3. The lowest BCUT2D eigenvalue weighted by molar-refractivity contribution is -0.384. The van der Waals surface area contributed by atoms with Crippen LogP contribution in [-0.4, -0.2) is 52.3 Å². The number of anilines is 2. The second-order valence-corrected chi connectivity index (χ2v) is 9.45. The molecule has 38 heavy (non-hydrogen) atoms. The summed E-state index contributed by atoms with van der Waals surface area (Å²) in [6.07, 6.45) is 1.40. The molecular weight excluding hydrogens is 507 g/mol. The van der Waals surface area contributed by atoms with Crippen molar-refractivity contribution in [2.75, 3.05) is 23.7 Å². The highest BCUT2D eigenvalue weighted by molar-refractivity contribution is 5.82. The maximum Gasteiger partial charge on any atom is 0.573 e. The minimum Gasteiger partial charge on any atom is -0.405 e. The van der Waals surface area contributed by atoms with E-state index in [-0.39, 0.29) is 59.2 Å². The standard InChI is InChI=1S/C24H30F3N7O4/c25-24(26,27)38-20-6-2-1-4-16(20)13-30-23-31-14-19(34(36)37)21(33-23)29-12-15-7-9-17(10-8-15)32-22(35)18-5-3-11-28-18/h1-2,4,6,14-15,17-18,28H,3,5,7-13H2,(H,32,35)(H2,29,30,31,33)/t15-,17-,18-/m0/s1. The van der Waals surface area contributed by atoms with Gasteiger partial charge in [0, 0.05) is 24.7 Å². The predicted molar refractivity (Wildman–Crippen MR) is 133 cm³/mol. The molecule has 11 nitrogen and oxygen atoms in total. The number of amides is 1. The van der Waals surface area contributed by atoms with E-state index in [2.05, 4.69) is 36.0 Å². The number of nitrogens with one attached hydrogen (secondary N) is 4. The molecule has 4 N–H and O–H groups in total. The summed E-state index contributed by atoms with van der Waals surface area (Å²) in [7, 11) is 0. The molecule has 1 aromatic heterocycles. The SMILES string of the molecule is O=C(N[C@H]1CC[C@H](CNc2nc(NCc3ccccc3OC(F)(F)F)ncc2[N+](=O)[O-])CC1)[C@@H]1CCCN1. The maximum absolute atomic E-state index is 12.7. The van der Waals surface area contributed by atoms with Gasteiger partial charge in [-0.3, -0.25) is 14.9 Å². The fourth-order valence-electron chi connectivity index (χ4n) is 4.73. The molecule has 1 aliphatic heterocycles. The van der Waals surface area contributed by atoms with Gasteiger partial charge >= 0.3 is 12.0 Å². The third kappa shape index (κ3) is 7.66. The van der Waals surface area contributed by atoms with E-state index in [0.29, 0.717) is 6.54 Å². The minimum atomic E-state index is -4.84. The number of para-hydroxylation sites is 1. The number of carbonyl (C=O) groups is 1. The van der Waals surface area contributed by atoms with Gasteiger partial charge in [-0.25, -0.2) is 4.98 Å². The molecule has 1 saturated carbocycles. The molecule has 1 aromatic carbocycles. The molecule has 2 heterocycles. The highest BCUT2D eigenvalue weighted by Gasteiger charge is 2.32. The van der Waals surface area contributed by atoms with Gasteiger partial charge in [-0.05, 0) is 57.1 Å². The predicted octanol–water partition coefficient (Wildman–Crippen LogP) is 3.73. The lowest BCUT2D eigenvalue weighted by Gasteiger charge is -2.30. The van der Waals surface area contributed by atoms with Crippen molar-refractivity contribution >= 4 is 23.4 Å². The number of alkyl halides is 3. The van der Waals surface area contributed by atoms with E-state index in [1.165, 1.54) is 18.2 Å². The first kappa shape index (κ1) is 27.4. The van der Waals surface area contributed by atoms with Gasteiger partial charge < -0.3 is 26.0 Å². The van der Waals surface area contributed by atoms with Crippen LogP contribution in [0.2, 0.25) is 0 Å². The minimum absolute atomic E-state index is 0.0202. The number of aromatic nitrogens is 2. The molecule has 2 aromatic rings. The smallest absolute Gasteiger partial charge is 0.405 e. The summed E-state index contributed by atoms with van der Waals surface area (Å²) in [4.78, 5) is 31.4. The Bertz CT molecular complexity index is 1120. The van der Waals surface area contributed by atoms with Crippen LogP contribution in [-0.2, 0) is 11.3 Å². The molecule has 1 atom stereocenters. The molecule has 1 saturated heterocycles. The number of rotatable bonds is 10. The van der Waals surface area contributed by atoms with Crippen molar-refractivity contribution < 1.29 is 27.6 Å². The second-order valence-electron chi connectivity index (χ2n) is 9.45.